The molecule has 0 aromatic heterocycles. The molecule has 3 atom stereocenters. The molecule has 9 nitrogen and oxygen atoms in total. The predicted molar refractivity (Wildman–Crippen MR) is 163 cm³/mol. The maximum atomic E-state index is 13.3. The van der Waals surface area contributed by atoms with Crippen molar-refractivity contribution < 1.29 is 17.6 Å². The zero-order valence-corrected chi connectivity index (χ0v) is 25.3. The molecule has 0 aromatic rings. The highest BCUT2D eigenvalue weighted by Crippen LogP contribution is 2.42. The van der Waals surface area contributed by atoms with Gasteiger partial charge in [-0.2, -0.15) is 0 Å². The summed E-state index contributed by atoms with van der Waals surface area (Å²) in [5.41, 5.74) is 15.8. The number of amidine groups is 1. The van der Waals surface area contributed by atoms with Crippen molar-refractivity contribution in [2.24, 2.45) is 44.1 Å². The van der Waals surface area contributed by atoms with Crippen molar-refractivity contribution in [1.29, 1.82) is 0 Å². The van der Waals surface area contributed by atoms with Gasteiger partial charge in [-0.15, -0.1) is 6.58 Å². The van der Waals surface area contributed by atoms with Crippen molar-refractivity contribution in [3.05, 3.63) is 36.8 Å². The van der Waals surface area contributed by atoms with E-state index in [1.807, 2.05) is 19.9 Å². The average molecular weight is 600 g/mol. The number of hydrazine groups is 2. The highest BCUT2D eigenvalue weighted by molar-refractivity contribution is 6.45. The van der Waals surface area contributed by atoms with Gasteiger partial charge in [-0.25, -0.2) is 22.6 Å². The van der Waals surface area contributed by atoms with Gasteiger partial charge in [-0.05, 0) is 57.2 Å². The number of halogens is 4. The number of nitrogens with two attached hydrogens (primary N) is 3. The molecule has 0 radical (unpaired) electrons. The number of aliphatic imine (C=N–C) groups is 3. The molecule has 0 bridgehead atoms. The third kappa shape index (κ3) is 11.4. The number of rotatable bonds is 18. The van der Waals surface area contributed by atoms with E-state index in [4.69, 9.17) is 27.3 Å². The number of hydrogen-bond acceptors (Lipinski definition) is 8. The third-order valence-electron chi connectivity index (χ3n) is 7.36. The average Bonchev–Trinajstić information content (AvgIpc) is 3.73. The fourth-order valence-corrected chi connectivity index (χ4v) is 5.01. The number of hydrogen-bond donors (Lipinski definition) is 4. The molecule has 2 saturated carbocycles. The molecule has 2 rings (SSSR count). The van der Waals surface area contributed by atoms with E-state index >= 15 is 0 Å². The Bertz CT molecular complexity index is 997. The van der Waals surface area contributed by atoms with Crippen LogP contribution in [0.4, 0.5) is 17.6 Å². The van der Waals surface area contributed by atoms with Crippen LogP contribution in [0.15, 0.2) is 51.8 Å². The van der Waals surface area contributed by atoms with E-state index in [9.17, 15) is 17.6 Å². The van der Waals surface area contributed by atoms with Crippen molar-refractivity contribution in [1.82, 2.24) is 15.4 Å². The molecule has 0 spiro atoms. The molecular weight excluding hydrogens is 550 g/mol. The molecule has 3 unspecified atom stereocenters. The molecule has 0 saturated heterocycles. The van der Waals surface area contributed by atoms with Gasteiger partial charge >= 0.3 is 0 Å². The minimum absolute atomic E-state index is 0.0541. The molecule has 2 aliphatic carbocycles. The van der Waals surface area contributed by atoms with E-state index in [1.165, 1.54) is 36.5 Å². The van der Waals surface area contributed by atoms with E-state index in [-0.39, 0.29) is 18.6 Å². The van der Waals surface area contributed by atoms with Crippen LogP contribution in [-0.4, -0.2) is 77.9 Å². The van der Waals surface area contributed by atoms with Gasteiger partial charge in [-0.1, -0.05) is 19.4 Å². The molecule has 42 heavy (non-hydrogen) atoms. The van der Waals surface area contributed by atoms with Crippen LogP contribution in [0.2, 0.25) is 0 Å². The van der Waals surface area contributed by atoms with Crippen LogP contribution in [0, 0.1) is 11.8 Å². The highest BCUT2D eigenvalue weighted by Gasteiger charge is 2.47. The topological polar surface area (TPSA) is 134 Å². The first-order valence-electron chi connectivity index (χ1n) is 14.6. The van der Waals surface area contributed by atoms with E-state index in [1.54, 1.807) is 18.1 Å². The summed E-state index contributed by atoms with van der Waals surface area (Å²) >= 11 is 0. The van der Waals surface area contributed by atoms with E-state index in [2.05, 4.69) is 23.9 Å². The van der Waals surface area contributed by atoms with Crippen LogP contribution in [0.3, 0.4) is 0 Å². The van der Waals surface area contributed by atoms with Gasteiger partial charge < -0.3 is 11.5 Å². The molecule has 7 N–H and O–H groups in total. The summed E-state index contributed by atoms with van der Waals surface area (Å²) in [5.74, 6) is 4.54. The largest absolute Gasteiger partial charge is 0.405 e. The molecule has 13 heteroatoms. The molecule has 2 fully saturated rings. The monoisotopic (exact) mass is 599 g/mol. The first-order valence-corrected chi connectivity index (χ1v) is 14.6. The van der Waals surface area contributed by atoms with Crippen LogP contribution in [0.1, 0.15) is 65.7 Å². The smallest absolute Gasteiger partial charge is 0.251 e. The van der Waals surface area contributed by atoms with Crippen molar-refractivity contribution >= 4 is 17.8 Å². The lowest BCUT2D eigenvalue weighted by Gasteiger charge is -2.41. The van der Waals surface area contributed by atoms with Crippen molar-refractivity contribution in [3.63, 3.8) is 0 Å². The molecule has 2 aliphatic rings. The second-order valence-corrected chi connectivity index (χ2v) is 11.4. The highest BCUT2D eigenvalue weighted by atomic mass is 19.3. The summed E-state index contributed by atoms with van der Waals surface area (Å²) in [6, 6.07) is -1.73. The molecule has 0 aliphatic heterocycles. The number of allylic oxidation sites excluding steroid dienone is 1. The van der Waals surface area contributed by atoms with Crippen LogP contribution >= 0.6 is 0 Å². The lowest BCUT2D eigenvalue weighted by molar-refractivity contribution is -0.126. The Hall–Kier alpha value is -2.93. The Labute approximate surface area is 247 Å². The number of nitrogens with zero attached hydrogens (tertiary/aromatic N) is 5. The fraction of sp³-hybridized carbons (Fsp3) is 0.690. The van der Waals surface area contributed by atoms with Crippen LogP contribution in [0.25, 0.3) is 0 Å². The Morgan fingerprint density at radius 2 is 1.83 bits per heavy atom. The zero-order valence-electron chi connectivity index (χ0n) is 25.3. The van der Waals surface area contributed by atoms with Gasteiger partial charge in [-0.3, -0.25) is 31.3 Å². The number of nitrogens with one attached hydrogen (secondary N) is 1. The van der Waals surface area contributed by atoms with Crippen LogP contribution < -0.4 is 22.7 Å². The van der Waals surface area contributed by atoms with Gasteiger partial charge in [0.15, 0.2) is 5.84 Å². The summed E-state index contributed by atoms with van der Waals surface area (Å²) < 4.78 is 53.2. The Morgan fingerprint density at radius 1 is 1.17 bits per heavy atom. The molecule has 238 valence electrons. The maximum Gasteiger partial charge on any atom is 0.251 e. The summed E-state index contributed by atoms with van der Waals surface area (Å²) in [5, 5.41) is 2.73. The fourth-order valence-electron chi connectivity index (χ4n) is 5.01. The summed E-state index contributed by atoms with van der Waals surface area (Å²) in [7, 11) is 1.68. The first kappa shape index (κ1) is 35.3. The van der Waals surface area contributed by atoms with Gasteiger partial charge in [0.2, 0.25) is 6.43 Å². The van der Waals surface area contributed by atoms with Crippen LogP contribution in [-0.2, 0) is 0 Å². The van der Waals surface area contributed by atoms with Gasteiger partial charge in [0.05, 0.1) is 17.8 Å². The molecular formula is C29H49F4N9. The predicted octanol–water partition coefficient (Wildman–Crippen LogP) is 4.39. The van der Waals surface area contributed by atoms with Gasteiger partial charge in [0.25, 0.3) is 5.92 Å². The second-order valence-electron chi connectivity index (χ2n) is 11.4. The lowest BCUT2D eigenvalue weighted by Crippen LogP contribution is -2.55. The van der Waals surface area contributed by atoms with Crippen molar-refractivity contribution in [2.75, 3.05) is 13.6 Å². The Balaban J connectivity index is 2.30. The quantitative estimate of drug-likeness (QED) is 0.0461. The third-order valence-corrected chi connectivity index (χ3v) is 7.36. The lowest BCUT2D eigenvalue weighted by atomic mass is 9.87. The van der Waals surface area contributed by atoms with Gasteiger partial charge in [0.1, 0.15) is 5.71 Å². The SMILES string of the molecule is C=CC(N=C(NN(C)/C(C=NC(CC(F)F)CN(N)C1CC(F)(F)C1)=C/N)C(/C=C/N)=NC(C)C)C(CCC)C1CC1. The van der Waals surface area contributed by atoms with Crippen LogP contribution in [0.5, 0.6) is 0 Å². The second kappa shape index (κ2) is 16.6. The zero-order chi connectivity index (χ0) is 31.4. The van der Waals surface area contributed by atoms with Gasteiger partial charge in [0, 0.05) is 57.4 Å². The Kier molecular flexibility index (Phi) is 14.0. The van der Waals surface area contributed by atoms with E-state index in [0.29, 0.717) is 29.1 Å². The number of alkyl halides is 4. The minimum Gasteiger partial charge on any atom is -0.405 e. The molecule has 0 heterocycles. The molecule has 0 amide bonds. The summed E-state index contributed by atoms with van der Waals surface area (Å²) in [4.78, 5) is 14.0. The Morgan fingerprint density at radius 3 is 2.31 bits per heavy atom. The summed E-state index contributed by atoms with van der Waals surface area (Å²) in [6.07, 6.45) is 7.86. The minimum atomic E-state index is -2.77. The summed E-state index contributed by atoms with van der Waals surface area (Å²) in [6.45, 7) is 9.98. The van der Waals surface area contributed by atoms with Crippen molar-refractivity contribution in [3.8, 4) is 0 Å². The first-order chi connectivity index (χ1) is 19.8. The normalized spacial score (nSPS) is 20.9. The maximum absolute atomic E-state index is 13.3. The van der Waals surface area contributed by atoms with Crippen molar-refractivity contribution in [2.45, 2.75) is 102 Å². The standard InChI is InChI=1S/C29H49F4N9/c1-6-8-24(20-9-10-20)25(7-2)39-28(26(11-12-34)38-19(3)4)40-41(5)23(16-35)17-37-21(13-27(30)31)18-42(36)22-14-29(32,33)15-22/h7,11-12,16-17,19-22,24-25,27H,2,6,8-10,13-15,18,34-36H2,1,3-5H3,(H,39,40)/b12-11+,23-16+,37-17?,38-26?. The molecule has 0 aromatic carbocycles. The van der Waals surface area contributed by atoms with E-state index in [0.717, 1.165) is 12.8 Å². The van der Waals surface area contributed by atoms with E-state index < -0.39 is 43.7 Å².